The normalized spacial score (nSPS) is 56.2. The van der Waals surface area contributed by atoms with E-state index in [0.717, 1.165) is 0 Å². The molecule has 19 heavy (non-hydrogen) atoms. The summed E-state index contributed by atoms with van der Waals surface area (Å²) in [6.07, 6.45) is 0.152. The van der Waals surface area contributed by atoms with Gasteiger partial charge in [0.2, 0.25) is 0 Å². The Balaban J connectivity index is 2.13. The molecular weight excluding hydrogens is 244 g/mol. The maximum Gasteiger partial charge on any atom is 0.156 e. The quantitative estimate of drug-likeness (QED) is 0.646. The van der Waals surface area contributed by atoms with Crippen molar-refractivity contribution in [2.75, 3.05) is 6.61 Å². The smallest absolute Gasteiger partial charge is 0.156 e. The molecule has 3 aliphatic carbocycles. The highest BCUT2D eigenvalue weighted by Crippen LogP contribution is 2.74. The summed E-state index contributed by atoms with van der Waals surface area (Å²) < 4.78 is 0. The molecule has 3 aliphatic rings. The Kier molecular flexibility index (Phi) is 2.58. The maximum absolute atomic E-state index is 11.8. The lowest BCUT2D eigenvalue weighted by Gasteiger charge is -2.47. The zero-order valence-electron chi connectivity index (χ0n) is 11.6. The van der Waals surface area contributed by atoms with Crippen molar-refractivity contribution in [3.63, 3.8) is 0 Å². The molecule has 0 aromatic carbocycles. The minimum absolute atomic E-state index is 0.00957. The van der Waals surface area contributed by atoms with Crippen LogP contribution >= 0.6 is 0 Å². The Morgan fingerprint density at radius 1 is 1.37 bits per heavy atom. The zero-order valence-corrected chi connectivity index (χ0v) is 11.6. The molecule has 0 amide bonds. The minimum atomic E-state index is -0.980. The Bertz CT molecular complexity index is 471. The van der Waals surface area contributed by atoms with Gasteiger partial charge in [0.1, 0.15) is 6.10 Å². The van der Waals surface area contributed by atoms with Gasteiger partial charge in [-0.15, -0.1) is 0 Å². The van der Waals surface area contributed by atoms with Gasteiger partial charge in [-0.05, 0) is 34.8 Å². The number of fused-ring (bicyclic) bond motifs is 3. The molecule has 0 spiro atoms. The zero-order chi connectivity index (χ0) is 14.2. The predicted molar refractivity (Wildman–Crippen MR) is 69.2 cm³/mol. The molecule has 7 unspecified atom stereocenters. The fourth-order valence-electron chi connectivity index (χ4n) is 4.91. The number of hydrogen-bond acceptors (Lipinski definition) is 4. The first-order chi connectivity index (χ1) is 8.78. The van der Waals surface area contributed by atoms with Crippen LogP contribution in [0.3, 0.4) is 0 Å². The van der Waals surface area contributed by atoms with E-state index in [-0.39, 0.29) is 41.0 Å². The van der Waals surface area contributed by atoms with Crippen molar-refractivity contribution in [2.45, 2.75) is 39.4 Å². The van der Waals surface area contributed by atoms with E-state index in [4.69, 9.17) is 0 Å². The average Bonchev–Trinajstić information content (AvgIpc) is 2.99. The van der Waals surface area contributed by atoms with E-state index in [9.17, 15) is 20.1 Å². The number of rotatable bonds is 1. The highest BCUT2D eigenvalue weighted by molar-refractivity contribution is 5.92. The lowest BCUT2D eigenvalue weighted by atomic mass is 9.58. The molecule has 4 nitrogen and oxygen atoms in total. The van der Waals surface area contributed by atoms with E-state index < -0.39 is 12.2 Å². The van der Waals surface area contributed by atoms with Gasteiger partial charge in [-0.1, -0.05) is 20.8 Å². The molecule has 0 aliphatic heterocycles. The predicted octanol–water partition coefficient (Wildman–Crippen LogP) is 0.508. The third-order valence-electron chi connectivity index (χ3n) is 6.19. The fourth-order valence-corrected chi connectivity index (χ4v) is 4.91. The first kappa shape index (κ1) is 13.3. The molecule has 2 saturated carbocycles. The average molecular weight is 266 g/mol. The highest BCUT2D eigenvalue weighted by Gasteiger charge is 2.75. The first-order valence-corrected chi connectivity index (χ1v) is 7.00. The summed E-state index contributed by atoms with van der Waals surface area (Å²) in [5, 5.41) is 30.3. The first-order valence-electron chi connectivity index (χ1n) is 7.00. The lowest BCUT2D eigenvalue weighted by Crippen LogP contribution is -2.49. The third kappa shape index (κ3) is 1.37. The SMILES string of the molecule is CC1CC(=O)C=C2C(O)C(O)C3C(C3(C)CO)C21C. The van der Waals surface area contributed by atoms with Crippen LogP contribution < -0.4 is 0 Å². The van der Waals surface area contributed by atoms with Gasteiger partial charge in [-0.2, -0.15) is 0 Å². The summed E-state index contributed by atoms with van der Waals surface area (Å²) in [5.41, 5.74) is 0.0239. The van der Waals surface area contributed by atoms with Crippen molar-refractivity contribution >= 4 is 5.78 Å². The van der Waals surface area contributed by atoms with Crippen LogP contribution in [0, 0.1) is 28.6 Å². The van der Waals surface area contributed by atoms with E-state index in [1.165, 1.54) is 6.08 Å². The second-order valence-electron chi connectivity index (χ2n) is 7.06. The van der Waals surface area contributed by atoms with Gasteiger partial charge < -0.3 is 15.3 Å². The third-order valence-corrected chi connectivity index (χ3v) is 6.19. The largest absolute Gasteiger partial charge is 0.396 e. The number of aliphatic hydroxyl groups excluding tert-OH is 3. The van der Waals surface area contributed by atoms with Crippen LogP contribution in [0.4, 0.5) is 0 Å². The number of carbonyl (C=O) groups excluding carboxylic acids is 1. The van der Waals surface area contributed by atoms with Gasteiger partial charge >= 0.3 is 0 Å². The number of allylic oxidation sites excluding steroid dienone is 1. The van der Waals surface area contributed by atoms with Crippen molar-refractivity contribution in [3.05, 3.63) is 11.6 Å². The lowest BCUT2D eigenvalue weighted by molar-refractivity contribution is -0.118. The van der Waals surface area contributed by atoms with Crippen molar-refractivity contribution < 1.29 is 20.1 Å². The number of ketones is 1. The molecular formula is C15H22O4. The number of carbonyl (C=O) groups is 1. The molecule has 2 fully saturated rings. The standard InChI is InChI=1S/C15H22O4/c1-7-4-8(17)5-9-11(18)12(19)10-13(15(7,9)3)14(10,2)6-16/h5,7,10-13,16,18-19H,4,6H2,1-3H3. The second kappa shape index (κ2) is 3.68. The van der Waals surface area contributed by atoms with E-state index in [1.54, 1.807) is 0 Å². The monoisotopic (exact) mass is 266 g/mol. The summed E-state index contributed by atoms with van der Waals surface area (Å²) in [6.45, 7) is 6.08. The summed E-state index contributed by atoms with van der Waals surface area (Å²) in [6, 6.07) is 0. The summed E-state index contributed by atoms with van der Waals surface area (Å²) >= 11 is 0. The van der Waals surface area contributed by atoms with Gasteiger partial charge in [0.15, 0.2) is 5.78 Å². The second-order valence-corrected chi connectivity index (χ2v) is 7.06. The van der Waals surface area contributed by atoms with Crippen LogP contribution in [0.1, 0.15) is 27.2 Å². The van der Waals surface area contributed by atoms with Crippen LogP contribution in [-0.2, 0) is 4.79 Å². The van der Waals surface area contributed by atoms with Gasteiger partial charge in [-0.3, -0.25) is 4.79 Å². The Hall–Kier alpha value is -0.710. The summed E-state index contributed by atoms with van der Waals surface area (Å²) in [5.74, 6) is 0.210. The van der Waals surface area contributed by atoms with Crippen molar-refractivity contribution in [1.29, 1.82) is 0 Å². The van der Waals surface area contributed by atoms with Gasteiger partial charge in [0, 0.05) is 18.4 Å². The van der Waals surface area contributed by atoms with E-state index >= 15 is 0 Å². The van der Waals surface area contributed by atoms with Crippen LogP contribution in [0.2, 0.25) is 0 Å². The van der Waals surface area contributed by atoms with Crippen LogP contribution in [0.15, 0.2) is 11.6 Å². The fraction of sp³-hybridized carbons (Fsp3) is 0.800. The Morgan fingerprint density at radius 2 is 2.00 bits per heavy atom. The molecule has 3 N–H and O–H groups in total. The molecule has 0 aromatic heterocycles. The summed E-state index contributed by atoms with van der Waals surface area (Å²) in [7, 11) is 0. The van der Waals surface area contributed by atoms with E-state index in [0.29, 0.717) is 12.0 Å². The molecule has 0 bridgehead atoms. The molecule has 0 saturated heterocycles. The molecule has 0 aromatic rings. The molecule has 0 radical (unpaired) electrons. The van der Waals surface area contributed by atoms with Crippen LogP contribution in [0.25, 0.3) is 0 Å². The highest BCUT2D eigenvalue weighted by atomic mass is 16.3. The van der Waals surface area contributed by atoms with Crippen molar-refractivity contribution in [1.82, 2.24) is 0 Å². The Morgan fingerprint density at radius 3 is 2.58 bits per heavy atom. The van der Waals surface area contributed by atoms with Crippen LogP contribution in [0.5, 0.6) is 0 Å². The number of aliphatic hydroxyl groups is 3. The molecule has 4 heteroatoms. The molecule has 0 heterocycles. The van der Waals surface area contributed by atoms with Gasteiger partial charge in [0.05, 0.1) is 6.10 Å². The van der Waals surface area contributed by atoms with E-state index in [1.807, 2.05) is 13.8 Å². The molecule has 7 atom stereocenters. The molecule has 106 valence electrons. The number of hydrogen-bond donors (Lipinski definition) is 3. The summed E-state index contributed by atoms with van der Waals surface area (Å²) in [4.78, 5) is 11.8. The van der Waals surface area contributed by atoms with Gasteiger partial charge in [-0.25, -0.2) is 0 Å². The Labute approximate surface area is 113 Å². The van der Waals surface area contributed by atoms with Crippen LogP contribution in [-0.4, -0.2) is 39.9 Å². The minimum Gasteiger partial charge on any atom is -0.396 e. The van der Waals surface area contributed by atoms with E-state index in [2.05, 4.69) is 6.92 Å². The van der Waals surface area contributed by atoms with Crippen molar-refractivity contribution in [2.24, 2.45) is 28.6 Å². The topological polar surface area (TPSA) is 77.8 Å². The van der Waals surface area contributed by atoms with Crippen molar-refractivity contribution in [3.8, 4) is 0 Å². The van der Waals surface area contributed by atoms with Gasteiger partial charge in [0.25, 0.3) is 0 Å². The molecule has 3 rings (SSSR count). The maximum atomic E-state index is 11.8.